The second-order valence-corrected chi connectivity index (χ2v) is 5.26. The van der Waals surface area contributed by atoms with Gasteiger partial charge in [0, 0.05) is 11.3 Å². The highest BCUT2D eigenvalue weighted by atomic mass is 16.2. The van der Waals surface area contributed by atoms with E-state index in [-0.39, 0.29) is 11.9 Å². The lowest BCUT2D eigenvalue weighted by Gasteiger charge is -2.11. The van der Waals surface area contributed by atoms with Crippen LogP contribution in [-0.2, 0) is 4.79 Å². The molecule has 0 saturated heterocycles. The predicted molar refractivity (Wildman–Crippen MR) is 78.7 cm³/mol. The molecule has 21 heavy (non-hydrogen) atoms. The Hall–Kier alpha value is -2.28. The van der Waals surface area contributed by atoms with Gasteiger partial charge in [-0.3, -0.25) is 4.79 Å². The smallest absolute Gasteiger partial charge is 0.241 e. The molecule has 1 heterocycles. The van der Waals surface area contributed by atoms with E-state index in [0.717, 1.165) is 29.9 Å². The zero-order valence-electron chi connectivity index (χ0n) is 12.1. The molecular formula is C14H18N6O. The molecule has 0 bridgehead atoms. The van der Waals surface area contributed by atoms with Gasteiger partial charge in [0.1, 0.15) is 0 Å². The van der Waals surface area contributed by atoms with Crippen LogP contribution in [0, 0.1) is 0 Å². The van der Waals surface area contributed by atoms with Gasteiger partial charge in [-0.2, -0.15) is 0 Å². The number of nitrogens with zero attached hydrogens (tertiary/aromatic N) is 4. The summed E-state index contributed by atoms with van der Waals surface area (Å²) < 4.78 is 1.86. The summed E-state index contributed by atoms with van der Waals surface area (Å²) >= 11 is 0. The summed E-state index contributed by atoms with van der Waals surface area (Å²) in [5.41, 5.74) is 1.65. The summed E-state index contributed by atoms with van der Waals surface area (Å²) in [5, 5.41) is 17.7. The van der Waals surface area contributed by atoms with Gasteiger partial charge in [-0.25, -0.2) is 4.68 Å². The number of carbonyl (C=O) groups is 1. The van der Waals surface area contributed by atoms with Crippen molar-refractivity contribution in [1.82, 2.24) is 25.5 Å². The maximum Gasteiger partial charge on any atom is 0.241 e. The molecular weight excluding hydrogens is 268 g/mol. The van der Waals surface area contributed by atoms with Crippen molar-refractivity contribution in [3.05, 3.63) is 24.3 Å². The highest BCUT2D eigenvalue weighted by Crippen LogP contribution is 2.36. The quantitative estimate of drug-likeness (QED) is 0.863. The highest BCUT2D eigenvalue weighted by molar-refractivity contribution is 5.95. The van der Waals surface area contributed by atoms with Gasteiger partial charge in [0.05, 0.1) is 12.1 Å². The lowest BCUT2D eigenvalue weighted by molar-refractivity contribution is -0.117. The van der Waals surface area contributed by atoms with Gasteiger partial charge in [0.15, 0.2) is 5.82 Å². The van der Waals surface area contributed by atoms with E-state index in [1.807, 2.05) is 35.9 Å². The topological polar surface area (TPSA) is 84.7 Å². The van der Waals surface area contributed by atoms with Crippen LogP contribution < -0.4 is 10.6 Å². The summed E-state index contributed by atoms with van der Waals surface area (Å²) in [4.78, 5) is 11.9. The van der Waals surface area contributed by atoms with Crippen molar-refractivity contribution in [2.24, 2.45) is 0 Å². The Morgan fingerprint density at radius 2 is 2.24 bits per heavy atom. The van der Waals surface area contributed by atoms with E-state index in [4.69, 9.17) is 0 Å². The molecule has 0 aliphatic heterocycles. The molecule has 1 atom stereocenters. The zero-order chi connectivity index (χ0) is 14.8. The molecule has 3 rings (SSSR count). The number of rotatable bonds is 5. The molecule has 7 nitrogen and oxygen atoms in total. The largest absolute Gasteiger partial charge is 0.325 e. The van der Waals surface area contributed by atoms with E-state index >= 15 is 0 Å². The van der Waals surface area contributed by atoms with Gasteiger partial charge < -0.3 is 10.6 Å². The van der Waals surface area contributed by atoms with E-state index in [1.54, 1.807) is 7.05 Å². The average molecular weight is 286 g/mol. The van der Waals surface area contributed by atoms with Gasteiger partial charge in [-0.15, -0.1) is 5.10 Å². The zero-order valence-corrected chi connectivity index (χ0v) is 12.1. The van der Waals surface area contributed by atoms with Crippen molar-refractivity contribution >= 4 is 11.6 Å². The Morgan fingerprint density at radius 3 is 2.95 bits per heavy atom. The van der Waals surface area contributed by atoms with Crippen LogP contribution in [0.1, 0.15) is 25.8 Å². The third-order valence-electron chi connectivity index (χ3n) is 3.60. The van der Waals surface area contributed by atoms with Crippen LogP contribution in [0.4, 0.5) is 5.69 Å². The van der Waals surface area contributed by atoms with Crippen molar-refractivity contribution in [3.8, 4) is 11.4 Å². The number of benzene rings is 1. The van der Waals surface area contributed by atoms with Gasteiger partial charge in [-0.1, -0.05) is 12.1 Å². The summed E-state index contributed by atoms with van der Waals surface area (Å²) in [6.07, 6.45) is 2.24. The SMILES string of the molecule is CNC(C)C(=O)Nc1cccc(-c2nnnn2C2CC2)c1. The Labute approximate surface area is 122 Å². The molecule has 1 unspecified atom stereocenters. The van der Waals surface area contributed by atoms with Crippen LogP contribution in [0.25, 0.3) is 11.4 Å². The molecule has 1 aliphatic carbocycles. The van der Waals surface area contributed by atoms with Crippen LogP contribution in [0.3, 0.4) is 0 Å². The number of aromatic nitrogens is 4. The van der Waals surface area contributed by atoms with Crippen molar-refractivity contribution < 1.29 is 4.79 Å². The molecule has 1 saturated carbocycles. The van der Waals surface area contributed by atoms with Gasteiger partial charge in [0.25, 0.3) is 0 Å². The van der Waals surface area contributed by atoms with Crippen LogP contribution >= 0.6 is 0 Å². The van der Waals surface area contributed by atoms with Crippen molar-refractivity contribution in [2.45, 2.75) is 31.8 Å². The van der Waals surface area contributed by atoms with E-state index in [1.165, 1.54) is 0 Å². The van der Waals surface area contributed by atoms with Crippen LogP contribution in [0.2, 0.25) is 0 Å². The lowest BCUT2D eigenvalue weighted by atomic mass is 10.2. The Balaban J connectivity index is 1.83. The van der Waals surface area contributed by atoms with Crippen molar-refractivity contribution in [3.63, 3.8) is 0 Å². The maximum atomic E-state index is 11.9. The molecule has 1 fully saturated rings. The Kier molecular flexibility index (Phi) is 3.66. The number of hydrogen-bond donors (Lipinski definition) is 2. The van der Waals surface area contributed by atoms with E-state index in [9.17, 15) is 4.79 Å². The number of hydrogen-bond acceptors (Lipinski definition) is 5. The first-order valence-electron chi connectivity index (χ1n) is 7.05. The molecule has 2 aromatic rings. The fourth-order valence-electron chi connectivity index (χ4n) is 2.07. The second kappa shape index (κ2) is 5.61. The molecule has 1 aromatic heterocycles. The van der Waals surface area contributed by atoms with Crippen LogP contribution in [0.5, 0.6) is 0 Å². The number of likely N-dealkylation sites (N-methyl/N-ethyl adjacent to an activating group) is 1. The van der Waals surface area contributed by atoms with Gasteiger partial charge in [0.2, 0.25) is 5.91 Å². The summed E-state index contributed by atoms with van der Waals surface area (Å²) in [6.45, 7) is 1.81. The first kappa shape index (κ1) is 13.7. The van der Waals surface area contributed by atoms with Gasteiger partial charge in [-0.05, 0) is 49.4 Å². The van der Waals surface area contributed by atoms with Crippen LogP contribution in [-0.4, -0.2) is 39.2 Å². The first-order chi connectivity index (χ1) is 10.2. The molecule has 2 N–H and O–H groups in total. The van der Waals surface area contributed by atoms with Gasteiger partial charge >= 0.3 is 0 Å². The Bertz CT molecular complexity index is 648. The summed E-state index contributed by atoms with van der Waals surface area (Å²) in [7, 11) is 1.75. The molecule has 1 aromatic carbocycles. The number of carbonyl (C=O) groups excluding carboxylic acids is 1. The third kappa shape index (κ3) is 2.92. The van der Waals surface area contributed by atoms with Crippen molar-refractivity contribution in [1.29, 1.82) is 0 Å². The summed E-state index contributed by atoms with van der Waals surface area (Å²) in [6, 6.07) is 7.76. The third-order valence-corrected chi connectivity index (χ3v) is 3.60. The van der Waals surface area contributed by atoms with Crippen molar-refractivity contribution in [2.75, 3.05) is 12.4 Å². The molecule has 0 spiro atoms. The van der Waals surface area contributed by atoms with E-state index in [0.29, 0.717) is 6.04 Å². The number of anilines is 1. The number of nitrogens with one attached hydrogen (secondary N) is 2. The minimum absolute atomic E-state index is 0.0727. The number of tetrazole rings is 1. The highest BCUT2D eigenvalue weighted by Gasteiger charge is 2.28. The summed E-state index contributed by atoms with van der Waals surface area (Å²) in [5.74, 6) is 0.673. The fraction of sp³-hybridized carbons (Fsp3) is 0.429. The fourth-order valence-corrected chi connectivity index (χ4v) is 2.07. The van der Waals surface area contributed by atoms with E-state index < -0.39 is 0 Å². The van der Waals surface area contributed by atoms with E-state index in [2.05, 4.69) is 26.2 Å². The Morgan fingerprint density at radius 1 is 1.43 bits per heavy atom. The number of amides is 1. The predicted octanol–water partition coefficient (Wildman–Crippen LogP) is 1.22. The average Bonchev–Trinajstić information content (AvgIpc) is 3.23. The molecule has 0 radical (unpaired) electrons. The normalized spacial score (nSPS) is 15.7. The first-order valence-corrected chi connectivity index (χ1v) is 7.05. The lowest BCUT2D eigenvalue weighted by Crippen LogP contribution is -2.35. The van der Waals surface area contributed by atoms with Crippen LogP contribution in [0.15, 0.2) is 24.3 Å². The minimum Gasteiger partial charge on any atom is -0.325 e. The molecule has 7 heteroatoms. The second-order valence-electron chi connectivity index (χ2n) is 5.26. The monoisotopic (exact) mass is 286 g/mol. The molecule has 1 amide bonds. The standard InChI is InChI=1S/C14H18N6O/c1-9(15-2)14(21)16-11-5-3-4-10(8-11)13-17-18-19-20(13)12-6-7-12/h3-5,8-9,12,15H,6-7H2,1-2H3,(H,16,21). The minimum atomic E-state index is -0.245. The molecule has 110 valence electrons. The maximum absolute atomic E-state index is 11.9. The molecule has 1 aliphatic rings.